The van der Waals surface area contributed by atoms with Gasteiger partial charge in [-0.2, -0.15) is 9.97 Å². The van der Waals surface area contributed by atoms with Crippen LogP contribution in [0.25, 0.3) is 22.1 Å². The number of benzene rings is 1. The van der Waals surface area contributed by atoms with E-state index in [-0.39, 0.29) is 22.2 Å². The molecule has 3 rings (SSSR count). The van der Waals surface area contributed by atoms with Gasteiger partial charge >= 0.3 is 22.2 Å². The van der Waals surface area contributed by atoms with Gasteiger partial charge in [0.1, 0.15) is 0 Å². The second kappa shape index (κ2) is 2.99. The van der Waals surface area contributed by atoms with Gasteiger partial charge in [-0.15, -0.1) is 0 Å². The first-order valence-electron chi connectivity index (χ1n) is 4.74. The van der Waals surface area contributed by atoms with E-state index >= 15 is 0 Å². The quantitative estimate of drug-likeness (QED) is 0.471. The van der Waals surface area contributed by atoms with Crippen molar-refractivity contribution in [1.82, 2.24) is 10.2 Å². The Hall–Kier alpha value is -2.50. The van der Waals surface area contributed by atoms with E-state index in [4.69, 9.17) is 0 Å². The largest absolute Gasteiger partial charge is 0.349 e. The maximum absolute atomic E-state index is 11.5. The van der Waals surface area contributed by atoms with Gasteiger partial charge in [-0.25, -0.2) is 0 Å². The second-order valence-electron chi connectivity index (χ2n) is 3.45. The van der Waals surface area contributed by atoms with Gasteiger partial charge in [0.25, 0.3) is 11.0 Å². The highest BCUT2D eigenvalue weighted by Gasteiger charge is 2.19. The Morgan fingerprint density at radius 1 is 0.812 bits per heavy atom. The van der Waals surface area contributed by atoms with Gasteiger partial charge in [0.15, 0.2) is 0 Å². The van der Waals surface area contributed by atoms with E-state index in [1.807, 2.05) is 24.3 Å². The van der Waals surface area contributed by atoms with Crippen LogP contribution in [0.5, 0.6) is 0 Å². The zero-order valence-corrected chi connectivity index (χ0v) is 8.13. The lowest BCUT2D eigenvalue weighted by Crippen LogP contribution is -2.32. The van der Waals surface area contributed by atoms with Gasteiger partial charge in [-0.05, 0) is 0 Å². The first-order chi connectivity index (χ1) is 7.75. The van der Waals surface area contributed by atoms with Crippen LogP contribution in [0.2, 0.25) is 0 Å². The average Bonchev–Trinajstić information content (AvgIpc) is 2.32. The number of fused-ring (bicyclic) bond motifs is 2. The first kappa shape index (κ1) is 8.78. The highest BCUT2D eigenvalue weighted by Crippen LogP contribution is 2.01. The lowest BCUT2D eigenvalue weighted by atomic mass is 10.3. The van der Waals surface area contributed by atoms with Crippen LogP contribution in [-0.2, 0) is 0 Å². The minimum Gasteiger partial charge on any atom is -0.260 e. The topological polar surface area (TPSA) is 94.0 Å². The van der Waals surface area contributed by atoms with Crippen LogP contribution in [0.1, 0.15) is 0 Å². The lowest BCUT2D eigenvalue weighted by molar-refractivity contribution is -0.362. The molecule has 0 saturated heterocycles. The van der Waals surface area contributed by atoms with Crippen molar-refractivity contribution in [3.63, 3.8) is 0 Å². The van der Waals surface area contributed by atoms with Crippen molar-refractivity contribution < 1.29 is 9.97 Å². The predicted octanol–water partition coefficient (Wildman–Crippen LogP) is -1.00. The molecule has 6 nitrogen and oxygen atoms in total. The van der Waals surface area contributed by atoms with Gasteiger partial charge in [0.2, 0.25) is 0 Å². The molecule has 16 heavy (non-hydrogen) atoms. The van der Waals surface area contributed by atoms with Crippen LogP contribution in [0.15, 0.2) is 33.9 Å². The molecule has 6 heteroatoms. The number of H-pyrrole nitrogens is 4. The minimum absolute atomic E-state index is 0.238. The zero-order chi connectivity index (χ0) is 11.1. The molecule has 0 fully saturated rings. The van der Waals surface area contributed by atoms with E-state index in [0.717, 1.165) is 11.0 Å². The minimum atomic E-state index is -0.364. The summed E-state index contributed by atoms with van der Waals surface area (Å²) in [6.07, 6.45) is 0. The summed E-state index contributed by atoms with van der Waals surface area (Å²) in [5.41, 5.74) is 1.29. The fourth-order valence-corrected chi connectivity index (χ4v) is 1.67. The van der Waals surface area contributed by atoms with E-state index in [1.165, 1.54) is 0 Å². The second-order valence-corrected chi connectivity index (χ2v) is 3.45. The molecule has 78 valence electrons. The van der Waals surface area contributed by atoms with Crippen LogP contribution >= 0.6 is 0 Å². The van der Waals surface area contributed by atoms with Gasteiger partial charge in [0, 0.05) is 12.1 Å². The number of aromatic nitrogens is 4. The van der Waals surface area contributed by atoms with E-state index in [0.29, 0.717) is 0 Å². The third-order valence-electron chi connectivity index (χ3n) is 2.44. The lowest BCUT2D eigenvalue weighted by Gasteiger charge is -1.87. The summed E-state index contributed by atoms with van der Waals surface area (Å²) in [6.45, 7) is 0. The number of para-hydroxylation sites is 2. The molecule has 0 radical (unpaired) electrons. The molecular weight excluding hydrogens is 208 g/mol. The summed E-state index contributed by atoms with van der Waals surface area (Å²) >= 11 is 0. The van der Waals surface area contributed by atoms with E-state index in [1.54, 1.807) is 0 Å². The molecule has 0 saturated carbocycles. The van der Waals surface area contributed by atoms with E-state index < -0.39 is 0 Å². The molecule has 0 aliphatic carbocycles. The summed E-state index contributed by atoms with van der Waals surface area (Å²) in [5, 5.41) is 4.53. The molecular formula is C10H8N4O2+2. The van der Waals surface area contributed by atoms with Crippen LogP contribution in [0.4, 0.5) is 0 Å². The molecule has 1 aromatic carbocycles. The maximum atomic E-state index is 11.5. The summed E-state index contributed by atoms with van der Waals surface area (Å²) in [5.74, 6) is 0. The van der Waals surface area contributed by atoms with Crippen LogP contribution in [0, 0.1) is 0 Å². The highest BCUT2D eigenvalue weighted by atomic mass is 16.1. The van der Waals surface area contributed by atoms with Crippen molar-refractivity contribution in [3.05, 3.63) is 45.0 Å². The summed E-state index contributed by atoms with van der Waals surface area (Å²) < 4.78 is 0. The Bertz CT molecular complexity index is 735. The molecule has 2 aromatic heterocycles. The summed E-state index contributed by atoms with van der Waals surface area (Å²) in [7, 11) is 0. The van der Waals surface area contributed by atoms with Crippen LogP contribution < -0.4 is 21.1 Å². The van der Waals surface area contributed by atoms with Crippen molar-refractivity contribution in [1.29, 1.82) is 0 Å². The maximum Gasteiger partial charge on any atom is 0.349 e. The molecule has 0 unspecified atom stereocenters. The van der Waals surface area contributed by atoms with Crippen molar-refractivity contribution >= 4 is 22.1 Å². The number of aromatic amines is 4. The zero-order valence-electron chi connectivity index (χ0n) is 8.13. The van der Waals surface area contributed by atoms with Crippen LogP contribution in [-0.4, -0.2) is 10.2 Å². The van der Waals surface area contributed by atoms with E-state index in [9.17, 15) is 9.59 Å². The van der Waals surface area contributed by atoms with Crippen LogP contribution in [0.3, 0.4) is 0 Å². The number of nitrogens with one attached hydrogen (secondary N) is 4. The number of hydrogen-bond donors (Lipinski definition) is 2. The van der Waals surface area contributed by atoms with Crippen molar-refractivity contribution in [3.8, 4) is 0 Å². The molecule has 0 atom stereocenters. The van der Waals surface area contributed by atoms with Crippen molar-refractivity contribution in [2.45, 2.75) is 0 Å². The summed E-state index contributed by atoms with van der Waals surface area (Å²) in [4.78, 5) is 28.8. The Kier molecular flexibility index (Phi) is 1.64. The van der Waals surface area contributed by atoms with Crippen molar-refractivity contribution in [2.24, 2.45) is 0 Å². The summed E-state index contributed by atoms with van der Waals surface area (Å²) in [6, 6.07) is 7.34. The fraction of sp³-hybridized carbons (Fsp3) is 0. The smallest absolute Gasteiger partial charge is 0.260 e. The third kappa shape index (κ3) is 1.13. The number of rotatable bonds is 0. The van der Waals surface area contributed by atoms with E-state index in [2.05, 4.69) is 20.2 Å². The fourth-order valence-electron chi connectivity index (χ4n) is 1.67. The van der Waals surface area contributed by atoms with Crippen molar-refractivity contribution in [2.75, 3.05) is 0 Å². The predicted molar refractivity (Wildman–Crippen MR) is 55.8 cm³/mol. The van der Waals surface area contributed by atoms with Gasteiger partial charge in [-0.3, -0.25) is 19.8 Å². The molecule has 0 amide bonds. The molecule has 4 N–H and O–H groups in total. The Morgan fingerprint density at radius 3 is 1.69 bits per heavy atom. The Labute approximate surface area is 88.0 Å². The molecule has 0 aliphatic heterocycles. The third-order valence-corrected chi connectivity index (χ3v) is 2.44. The molecule has 3 aromatic rings. The normalized spacial score (nSPS) is 11.0. The average molecular weight is 216 g/mol. The molecule has 0 bridgehead atoms. The Morgan fingerprint density at radius 2 is 1.25 bits per heavy atom. The Balaban J connectivity index is 2.66. The van der Waals surface area contributed by atoms with Gasteiger partial charge < -0.3 is 0 Å². The monoisotopic (exact) mass is 216 g/mol. The number of hydrogen-bond acceptors (Lipinski definition) is 2. The SMILES string of the molecule is O=c1[nH][nH]c(=O)c2[nH+]c3ccccc3[nH+]c12. The van der Waals surface area contributed by atoms with Gasteiger partial charge in [-0.1, -0.05) is 12.1 Å². The molecule has 2 heterocycles. The molecule has 0 aliphatic rings. The standard InChI is InChI=1S/C10H6N4O2/c15-9-7-8(10(16)14-13-9)12-6-4-2-1-3-5(6)11-7/h1-4H,(H,13,15)(H,14,16)/p+2. The molecule has 0 spiro atoms. The van der Waals surface area contributed by atoms with Gasteiger partial charge in [0.05, 0.1) is 0 Å². The highest BCUT2D eigenvalue weighted by molar-refractivity contribution is 5.73. The first-order valence-corrected chi connectivity index (χ1v) is 4.74.